The Morgan fingerprint density at radius 1 is 1.21 bits per heavy atom. The van der Waals surface area contributed by atoms with Crippen LogP contribution in [0.4, 0.5) is 17.5 Å². The number of benzene rings is 1. The molecular weight excluding hydrogens is 358 g/mol. The summed E-state index contributed by atoms with van der Waals surface area (Å²) in [6, 6.07) is 7.45. The monoisotopic (exact) mass is 387 g/mol. The first kappa shape index (κ1) is 20.2. The van der Waals surface area contributed by atoms with E-state index in [1.165, 1.54) is 6.42 Å². The van der Waals surface area contributed by atoms with E-state index in [1.54, 1.807) is 7.11 Å². The lowest BCUT2D eigenvalue weighted by Crippen LogP contribution is -2.42. The summed E-state index contributed by atoms with van der Waals surface area (Å²) in [5.41, 5.74) is 1.66. The van der Waals surface area contributed by atoms with Gasteiger partial charge in [0.2, 0.25) is 5.95 Å². The first-order valence-corrected chi connectivity index (χ1v) is 9.59. The molecular formula is C20H29N5O3. The molecule has 28 heavy (non-hydrogen) atoms. The molecule has 1 unspecified atom stereocenters. The molecule has 1 fully saturated rings. The van der Waals surface area contributed by atoms with Crippen LogP contribution in [0.25, 0.3) is 0 Å². The third kappa shape index (κ3) is 5.46. The standard InChI is InChI=1S/C20H29N5O3/c1-14-11-19(21-2)24-20(22-14)23-15-5-6-17(27-3)18(12-15)28-10-7-16(26)13-25-8-4-9-25/h5-6,11-12,16,26H,4,7-10,13H2,1-3H3,(H2,21,22,23,24). The smallest absolute Gasteiger partial charge is 0.229 e. The summed E-state index contributed by atoms with van der Waals surface area (Å²) in [5, 5.41) is 16.3. The summed E-state index contributed by atoms with van der Waals surface area (Å²) in [7, 11) is 3.43. The molecule has 1 aromatic carbocycles. The number of aliphatic hydroxyl groups excluding tert-OH is 1. The molecule has 0 bridgehead atoms. The Morgan fingerprint density at radius 3 is 2.71 bits per heavy atom. The van der Waals surface area contributed by atoms with Crippen molar-refractivity contribution >= 4 is 17.5 Å². The van der Waals surface area contributed by atoms with Crippen LogP contribution in [-0.2, 0) is 0 Å². The summed E-state index contributed by atoms with van der Waals surface area (Å²) < 4.78 is 11.3. The molecule has 3 rings (SSSR count). The summed E-state index contributed by atoms with van der Waals surface area (Å²) in [5.74, 6) is 2.51. The molecule has 0 amide bonds. The van der Waals surface area contributed by atoms with E-state index in [4.69, 9.17) is 9.47 Å². The van der Waals surface area contributed by atoms with Crippen LogP contribution in [0.2, 0.25) is 0 Å². The predicted molar refractivity (Wildman–Crippen MR) is 110 cm³/mol. The minimum atomic E-state index is -0.381. The molecule has 2 aromatic rings. The van der Waals surface area contributed by atoms with Gasteiger partial charge in [0.15, 0.2) is 11.5 Å². The van der Waals surface area contributed by atoms with Crippen molar-refractivity contribution in [3.63, 3.8) is 0 Å². The number of rotatable bonds is 10. The normalized spacial score (nSPS) is 14.9. The third-order valence-corrected chi connectivity index (χ3v) is 4.66. The fourth-order valence-corrected chi connectivity index (χ4v) is 3.01. The highest BCUT2D eigenvalue weighted by Gasteiger charge is 2.17. The Kier molecular flexibility index (Phi) is 6.89. The van der Waals surface area contributed by atoms with Crippen molar-refractivity contribution in [3.8, 4) is 11.5 Å². The predicted octanol–water partition coefficient (Wildman–Crippen LogP) is 2.41. The molecule has 1 saturated heterocycles. The van der Waals surface area contributed by atoms with Crippen molar-refractivity contribution < 1.29 is 14.6 Å². The van der Waals surface area contributed by atoms with E-state index in [9.17, 15) is 5.11 Å². The maximum Gasteiger partial charge on any atom is 0.229 e. The molecule has 8 heteroatoms. The summed E-state index contributed by atoms with van der Waals surface area (Å²) in [6.07, 6.45) is 1.41. The minimum absolute atomic E-state index is 0.381. The van der Waals surface area contributed by atoms with Gasteiger partial charge in [-0.05, 0) is 38.6 Å². The number of hydrogen-bond donors (Lipinski definition) is 3. The molecule has 1 atom stereocenters. The van der Waals surface area contributed by atoms with E-state index in [0.717, 1.165) is 30.3 Å². The van der Waals surface area contributed by atoms with Crippen LogP contribution in [-0.4, -0.2) is 66.5 Å². The first-order valence-electron chi connectivity index (χ1n) is 9.59. The quantitative estimate of drug-likeness (QED) is 0.572. The van der Waals surface area contributed by atoms with Gasteiger partial charge < -0.3 is 30.1 Å². The van der Waals surface area contributed by atoms with Gasteiger partial charge in [-0.1, -0.05) is 0 Å². The van der Waals surface area contributed by atoms with E-state index in [-0.39, 0.29) is 6.10 Å². The van der Waals surface area contributed by atoms with Crippen LogP contribution >= 0.6 is 0 Å². The number of nitrogens with zero attached hydrogens (tertiary/aromatic N) is 3. The van der Waals surface area contributed by atoms with Gasteiger partial charge in [0, 0.05) is 43.5 Å². The molecule has 0 saturated carbocycles. The van der Waals surface area contributed by atoms with Gasteiger partial charge in [0.05, 0.1) is 19.8 Å². The van der Waals surface area contributed by atoms with Crippen LogP contribution < -0.4 is 20.1 Å². The van der Waals surface area contributed by atoms with Crippen molar-refractivity contribution in [1.29, 1.82) is 0 Å². The van der Waals surface area contributed by atoms with Crippen LogP contribution in [0.5, 0.6) is 11.5 Å². The molecule has 1 aliphatic rings. The Morgan fingerprint density at radius 2 is 2.04 bits per heavy atom. The topological polar surface area (TPSA) is 91.8 Å². The maximum absolute atomic E-state index is 10.1. The van der Waals surface area contributed by atoms with Crippen LogP contribution in [0.3, 0.4) is 0 Å². The number of hydrogen-bond acceptors (Lipinski definition) is 8. The zero-order valence-corrected chi connectivity index (χ0v) is 16.7. The number of ether oxygens (including phenoxy) is 2. The number of aryl methyl sites for hydroxylation is 1. The van der Waals surface area contributed by atoms with Gasteiger partial charge in [-0.2, -0.15) is 4.98 Å². The Bertz CT molecular complexity index is 782. The SMILES string of the molecule is CNc1cc(C)nc(Nc2ccc(OC)c(OCCC(O)CN3CCC3)c2)n1. The van der Waals surface area contributed by atoms with Crippen LogP contribution in [0, 0.1) is 6.92 Å². The largest absolute Gasteiger partial charge is 0.493 e. The van der Waals surface area contributed by atoms with E-state index < -0.39 is 0 Å². The fraction of sp³-hybridized carbons (Fsp3) is 0.500. The third-order valence-electron chi connectivity index (χ3n) is 4.66. The first-order chi connectivity index (χ1) is 13.6. The molecule has 8 nitrogen and oxygen atoms in total. The van der Waals surface area contributed by atoms with Crippen molar-refractivity contribution in [2.75, 3.05) is 51.0 Å². The zero-order valence-electron chi connectivity index (χ0n) is 16.7. The maximum atomic E-state index is 10.1. The Hall–Kier alpha value is -2.58. The number of aliphatic hydroxyl groups is 1. The van der Waals surface area contributed by atoms with Crippen LogP contribution in [0.15, 0.2) is 24.3 Å². The van der Waals surface area contributed by atoms with Crippen molar-refractivity contribution in [2.24, 2.45) is 0 Å². The van der Waals surface area contributed by atoms with Gasteiger partial charge in [-0.3, -0.25) is 0 Å². The molecule has 3 N–H and O–H groups in total. The number of aromatic nitrogens is 2. The second kappa shape index (κ2) is 9.57. The Balaban J connectivity index is 1.61. The lowest BCUT2D eigenvalue weighted by Gasteiger charge is -2.32. The van der Waals surface area contributed by atoms with Crippen LogP contribution in [0.1, 0.15) is 18.5 Å². The van der Waals surface area contributed by atoms with E-state index >= 15 is 0 Å². The van der Waals surface area contributed by atoms with Crippen molar-refractivity contribution in [3.05, 3.63) is 30.0 Å². The highest BCUT2D eigenvalue weighted by molar-refractivity contribution is 5.60. The van der Waals surface area contributed by atoms with Crippen molar-refractivity contribution in [2.45, 2.75) is 25.9 Å². The molecule has 152 valence electrons. The highest BCUT2D eigenvalue weighted by Crippen LogP contribution is 2.31. The molecule has 0 radical (unpaired) electrons. The second-order valence-electron chi connectivity index (χ2n) is 6.90. The summed E-state index contributed by atoms with van der Waals surface area (Å²) in [6.45, 7) is 5.20. The number of nitrogens with one attached hydrogen (secondary N) is 2. The fourth-order valence-electron chi connectivity index (χ4n) is 3.01. The van der Waals surface area contributed by atoms with Gasteiger partial charge in [0.25, 0.3) is 0 Å². The number of β-amino-alcohol motifs (C(OH)–C–C–N with tert-alkyl or cyclic N) is 1. The molecule has 0 aliphatic carbocycles. The lowest BCUT2D eigenvalue weighted by atomic mass is 10.1. The van der Waals surface area contributed by atoms with Gasteiger partial charge >= 0.3 is 0 Å². The minimum Gasteiger partial charge on any atom is -0.493 e. The zero-order chi connectivity index (χ0) is 19.9. The molecule has 1 aliphatic heterocycles. The highest BCUT2D eigenvalue weighted by atomic mass is 16.5. The molecule has 0 spiro atoms. The Labute approximate surface area is 165 Å². The molecule has 2 heterocycles. The summed E-state index contributed by atoms with van der Waals surface area (Å²) >= 11 is 0. The number of likely N-dealkylation sites (tertiary alicyclic amines) is 1. The lowest BCUT2D eigenvalue weighted by molar-refractivity contribution is 0.0641. The van der Waals surface area contributed by atoms with E-state index in [2.05, 4.69) is 25.5 Å². The summed E-state index contributed by atoms with van der Waals surface area (Å²) in [4.78, 5) is 11.1. The second-order valence-corrected chi connectivity index (χ2v) is 6.90. The molecule has 1 aromatic heterocycles. The average molecular weight is 387 g/mol. The van der Waals surface area contributed by atoms with Gasteiger partial charge in [-0.25, -0.2) is 4.98 Å². The van der Waals surface area contributed by atoms with Crippen molar-refractivity contribution in [1.82, 2.24) is 14.9 Å². The average Bonchev–Trinajstić information content (AvgIpc) is 2.64. The number of methoxy groups -OCH3 is 1. The van der Waals surface area contributed by atoms with Gasteiger partial charge in [0.1, 0.15) is 5.82 Å². The van der Waals surface area contributed by atoms with Gasteiger partial charge in [-0.15, -0.1) is 0 Å². The van der Waals surface area contributed by atoms with E-state index in [0.29, 0.717) is 37.0 Å². The van der Waals surface area contributed by atoms with E-state index in [1.807, 2.05) is 38.2 Å². The number of anilines is 3.